The maximum atomic E-state index is 4.34. The monoisotopic (exact) mass is 280 g/mol. The van der Waals surface area contributed by atoms with Crippen LogP contribution < -0.4 is 5.32 Å². The Morgan fingerprint density at radius 3 is 2.67 bits per heavy atom. The zero-order valence-corrected chi connectivity index (χ0v) is 11.7. The molecule has 6 heteroatoms. The summed E-state index contributed by atoms with van der Waals surface area (Å²) in [6.07, 6.45) is 1.79. The van der Waals surface area contributed by atoms with Crippen molar-refractivity contribution in [2.45, 2.75) is 19.5 Å². The van der Waals surface area contributed by atoms with E-state index in [0.29, 0.717) is 6.54 Å². The third-order valence-corrected chi connectivity index (χ3v) is 3.23. The van der Waals surface area contributed by atoms with Crippen LogP contribution in [0.5, 0.6) is 0 Å². The second-order valence-corrected chi connectivity index (χ2v) is 4.70. The summed E-state index contributed by atoms with van der Waals surface area (Å²) in [5, 5.41) is 15.3. The van der Waals surface area contributed by atoms with Gasteiger partial charge in [0.05, 0.1) is 17.9 Å². The van der Waals surface area contributed by atoms with Crippen LogP contribution in [0.15, 0.2) is 54.7 Å². The fourth-order valence-electron chi connectivity index (χ4n) is 2.07. The Hall–Kier alpha value is -2.60. The van der Waals surface area contributed by atoms with Crippen molar-refractivity contribution in [2.24, 2.45) is 0 Å². The number of rotatable bonds is 5. The van der Waals surface area contributed by atoms with Gasteiger partial charge in [0.2, 0.25) is 0 Å². The smallest absolute Gasteiger partial charge is 0.170 e. The van der Waals surface area contributed by atoms with Crippen LogP contribution in [-0.2, 0) is 6.54 Å². The van der Waals surface area contributed by atoms with E-state index in [1.807, 2.05) is 48.5 Å². The number of benzene rings is 1. The molecule has 0 saturated carbocycles. The molecule has 0 amide bonds. The molecule has 106 valence electrons. The van der Waals surface area contributed by atoms with Crippen LogP contribution in [0.2, 0.25) is 0 Å². The predicted molar refractivity (Wildman–Crippen MR) is 78.6 cm³/mol. The number of nitrogens with one attached hydrogen (secondary N) is 1. The molecular formula is C15H16N6. The van der Waals surface area contributed by atoms with Crippen molar-refractivity contribution in [2.75, 3.05) is 0 Å². The highest BCUT2D eigenvalue weighted by Gasteiger charge is 2.11. The number of tetrazole rings is 1. The second-order valence-electron chi connectivity index (χ2n) is 4.70. The molecule has 0 aliphatic rings. The van der Waals surface area contributed by atoms with Crippen LogP contribution in [0.4, 0.5) is 0 Å². The van der Waals surface area contributed by atoms with Crippen molar-refractivity contribution >= 4 is 0 Å². The van der Waals surface area contributed by atoms with Crippen molar-refractivity contribution in [1.82, 2.24) is 30.5 Å². The Morgan fingerprint density at radius 2 is 1.90 bits per heavy atom. The molecule has 0 spiro atoms. The first-order valence-electron chi connectivity index (χ1n) is 6.81. The van der Waals surface area contributed by atoms with E-state index in [0.717, 1.165) is 17.2 Å². The third kappa shape index (κ3) is 3.11. The predicted octanol–water partition coefficient (Wildman–Crippen LogP) is 1.91. The minimum atomic E-state index is 0.132. The standard InChI is InChI=1S/C15H16N6/c1-12(14-9-5-6-10-16-14)17-11-15-18-19-20-21(15)13-7-3-2-4-8-13/h2-10,12,17H,11H2,1H3/t12-/m1/s1. The summed E-state index contributed by atoms with van der Waals surface area (Å²) in [5.74, 6) is 0.768. The number of hydrogen-bond donors (Lipinski definition) is 1. The van der Waals surface area contributed by atoms with E-state index >= 15 is 0 Å². The Bertz CT molecular complexity index is 680. The van der Waals surface area contributed by atoms with Crippen LogP contribution in [-0.4, -0.2) is 25.2 Å². The van der Waals surface area contributed by atoms with Crippen molar-refractivity contribution < 1.29 is 0 Å². The van der Waals surface area contributed by atoms with Gasteiger partial charge < -0.3 is 5.32 Å². The second kappa shape index (κ2) is 6.23. The van der Waals surface area contributed by atoms with E-state index in [1.165, 1.54) is 0 Å². The first kappa shape index (κ1) is 13.4. The van der Waals surface area contributed by atoms with Crippen LogP contribution in [0.25, 0.3) is 5.69 Å². The van der Waals surface area contributed by atoms with Gasteiger partial charge in [0, 0.05) is 12.2 Å². The number of para-hydroxylation sites is 1. The zero-order chi connectivity index (χ0) is 14.5. The molecular weight excluding hydrogens is 264 g/mol. The van der Waals surface area contributed by atoms with Gasteiger partial charge in [0.1, 0.15) is 0 Å². The van der Waals surface area contributed by atoms with Crippen molar-refractivity contribution in [3.63, 3.8) is 0 Å². The summed E-state index contributed by atoms with van der Waals surface area (Å²) in [4.78, 5) is 4.34. The average molecular weight is 280 g/mol. The lowest BCUT2D eigenvalue weighted by atomic mass is 10.2. The molecule has 0 fully saturated rings. The highest BCUT2D eigenvalue weighted by molar-refractivity contribution is 5.30. The molecule has 6 nitrogen and oxygen atoms in total. The van der Waals surface area contributed by atoms with E-state index in [4.69, 9.17) is 0 Å². The molecule has 1 aromatic carbocycles. The zero-order valence-electron chi connectivity index (χ0n) is 11.7. The number of hydrogen-bond acceptors (Lipinski definition) is 5. The van der Waals surface area contributed by atoms with Gasteiger partial charge in [-0.3, -0.25) is 4.98 Å². The van der Waals surface area contributed by atoms with E-state index < -0.39 is 0 Å². The molecule has 0 aliphatic heterocycles. The van der Waals surface area contributed by atoms with E-state index in [2.05, 4.69) is 32.7 Å². The molecule has 2 aromatic heterocycles. The fourth-order valence-corrected chi connectivity index (χ4v) is 2.07. The van der Waals surface area contributed by atoms with Gasteiger partial charge >= 0.3 is 0 Å². The lowest BCUT2D eigenvalue weighted by molar-refractivity contribution is 0.540. The number of pyridine rings is 1. The van der Waals surface area contributed by atoms with Crippen molar-refractivity contribution in [3.8, 4) is 5.69 Å². The van der Waals surface area contributed by atoms with Crippen molar-refractivity contribution in [3.05, 3.63) is 66.2 Å². The highest BCUT2D eigenvalue weighted by Crippen LogP contribution is 2.10. The maximum absolute atomic E-state index is 4.34. The molecule has 3 aromatic rings. The molecule has 0 radical (unpaired) electrons. The lowest BCUT2D eigenvalue weighted by Crippen LogP contribution is -2.21. The molecule has 0 unspecified atom stereocenters. The molecule has 1 N–H and O–H groups in total. The summed E-state index contributed by atoms with van der Waals surface area (Å²) in [6.45, 7) is 2.64. The topological polar surface area (TPSA) is 68.5 Å². The van der Waals surface area contributed by atoms with Crippen molar-refractivity contribution in [1.29, 1.82) is 0 Å². The van der Waals surface area contributed by atoms with E-state index in [1.54, 1.807) is 10.9 Å². The van der Waals surface area contributed by atoms with Crippen LogP contribution in [0.1, 0.15) is 24.5 Å². The van der Waals surface area contributed by atoms with E-state index in [9.17, 15) is 0 Å². The van der Waals surface area contributed by atoms with Gasteiger partial charge in [-0.15, -0.1) is 5.10 Å². The Labute approximate surface area is 122 Å². The summed E-state index contributed by atoms with van der Waals surface area (Å²) in [5.41, 5.74) is 1.95. The fraction of sp³-hybridized carbons (Fsp3) is 0.200. The highest BCUT2D eigenvalue weighted by atomic mass is 15.5. The lowest BCUT2D eigenvalue weighted by Gasteiger charge is -2.12. The molecule has 21 heavy (non-hydrogen) atoms. The van der Waals surface area contributed by atoms with E-state index in [-0.39, 0.29) is 6.04 Å². The molecule has 1 atom stereocenters. The maximum Gasteiger partial charge on any atom is 0.170 e. The van der Waals surface area contributed by atoms with Gasteiger partial charge in [0.15, 0.2) is 5.82 Å². The normalized spacial score (nSPS) is 12.2. The number of aromatic nitrogens is 5. The average Bonchev–Trinajstić information content (AvgIpc) is 3.03. The summed E-state index contributed by atoms with van der Waals surface area (Å²) in [7, 11) is 0. The largest absolute Gasteiger partial charge is 0.302 e. The molecule has 0 saturated heterocycles. The summed E-state index contributed by atoms with van der Waals surface area (Å²) >= 11 is 0. The van der Waals surface area contributed by atoms with Crippen LogP contribution in [0.3, 0.4) is 0 Å². The number of nitrogens with zero attached hydrogens (tertiary/aromatic N) is 5. The Kier molecular flexibility index (Phi) is 3.97. The van der Waals surface area contributed by atoms with Gasteiger partial charge in [-0.05, 0) is 41.6 Å². The first-order chi connectivity index (χ1) is 10.3. The Morgan fingerprint density at radius 1 is 1.10 bits per heavy atom. The molecule has 0 bridgehead atoms. The van der Waals surface area contributed by atoms with Gasteiger partial charge in [-0.2, -0.15) is 4.68 Å². The molecule has 0 aliphatic carbocycles. The van der Waals surface area contributed by atoms with Gasteiger partial charge in [0.25, 0.3) is 0 Å². The SMILES string of the molecule is C[C@@H](NCc1nnnn1-c1ccccc1)c1ccccn1. The first-order valence-corrected chi connectivity index (χ1v) is 6.81. The van der Waals surface area contributed by atoms with Crippen LogP contribution in [0, 0.1) is 0 Å². The summed E-state index contributed by atoms with van der Waals surface area (Å²) in [6, 6.07) is 15.9. The minimum Gasteiger partial charge on any atom is -0.302 e. The quantitative estimate of drug-likeness (QED) is 0.773. The van der Waals surface area contributed by atoms with Gasteiger partial charge in [-0.25, -0.2) is 0 Å². The molecule has 3 rings (SSSR count). The van der Waals surface area contributed by atoms with Crippen LogP contribution >= 0.6 is 0 Å². The molecule has 2 heterocycles. The Balaban J connectivity index is 1.71. The minimum absolute atomic E-state index is 0.132. The van der Waals surface area contributed by atoms with Gasteiger partial charge in [-0.1, -0.05) is 24.3 Å². The third-order valence-electron chi connectivity index (χ3n) is 3.23. The summed E-state index contributed by atoms with van der Waals surface area (Å²) < 4.78 is 1.73.